The number of morpholine rings is 1. The maximum atomic E-state index is 13.1. The molecule has 2 amide bonds. The molecule has 9 heteroatoms. The summed E-state index contributed by atoms with van der Waals surface area (Å²) in [5, 5.41) is 5.18. The molecule has 7 nitrogen and oxygen atoms in total. The third-order valence-electron chi connectivity index (χ3n) is 5.44. The number of rotatable bonds is 5. The van der Waals surface area contributed by atoms with Crippen LogP contribution in [0.3, 0.4) is 0 Å². The van der Waals surface area contributed by atoms with Crippen molar-refractivity contribution in [2.75, 3.05) is 51.3 Å². The molecule has 4 rings (SSSR count). The number of halogens is 1. The molecule has 0 radical (unpaired) electrons. The third kappa shape index (κ3) is 5.21. The molecule has 0 saturated carbocycles. The number of hydrogen-bond acceptors (Lipinski definition) is 6. The lowest BCUT2D eigenvalue weighted by atomic mass is 9.96. The Hall–Kier alpha value is -2.36. The summed E-state index contributed by atoms with van der Waals surface area (Å²) in [5.74, 6) is -0.328. The number of thiazole rings is 1. The number of carbonyl (C=O) groups is 2. The smallest absolute Gasteiger partial charge is 0.240 e. The summed E-state index contributed by atoms with van der Waals surface area (Å²) in [7, 11) is 0. The molecule has 30 heavy (non-hydrogen) atoms. The Morgan fingerprint density at radius 1 is 1.20 bits per heavy atom. The number of hydrogen-bond donors (Lipinski definition) is 1. The lowest BCUT2D eigenvalue weighted by Crippen LogP contribution is -2.49. The van der Waals surface area contributed by atoms with Crippen LogP contribution >= 0.6 is 11.3 Å². The molecule has 1 aromatic heterocycles. The van der Waals surface area contributed by atoms with Crippen molar-refractivity contribution in [3.63, 3.8) is 0 Å². The van der Waals surface area contributed by atoms with E-state index in [1.807, 2.05) is 15.2 Å². The lowest BCUT2D eigenvalue weighted by Gasteiger charge is -2.35. The van der Waals surface area contributed by atoms with Gasteiger partial charge < -0.3 is 15.0 Å². The molecule has 160 valence electrons. The Kier molecular flexibility index (Phi) is 6.71. The fraction of sp³-hybridized carbons (Fsp3) is 0.476. The van der Waals surface area contributed by atoms with E-state index in [9.17, 15) is 14.0 Å². The predicted molar refractivity (Wildman–Crippen MR) is 113 cm³/mol. The largest absolute Gasteiger partial charge is 0.378 e. The molecular weight excluding hydrogens is 407 g/mol. The van der Waals surface area contributed by atoms with Crippen LogP contribution in [0.15, 0.2) is 29.6 Å². The molecule has 1 unspecified atom stereocenters. The van der Waals surface area contributed by atoms with E-state index in [1.54, 1.807) is 12.1 Å². The van der Waals surface area contributed by atoms with Gasteiger partial charge in [0.2, 0.25) is 11.8 Å². The fourth-order valence-corrected chi connectivity index (χ4v) is 4.62. The van der Waals surface area contributed by atoms with Crippen LogP contribution in [0.2, 0.25) is 0 Å². The molecule has 2 aliphatic heterocycles. The Morgan fingerprint density at radius 2 is 1.97 bits per heavy atom. The molecule has 0 spiro atoms. The Bertz CT molecular complexity index is 883. The maximum Gasteiger partial charge on any atom is 0.240 e. The number of ether oxygens (including phenoxy) is 1. The number of nitrogens with zero attached hydrogens (tertiary/aromatic N) is 3. The van der Waals surface area contributed by atoms with Gasteiger partial charge in [0.25, 0.3) is 0 Å². The van der Waals surface area contributed by atoms with Gasteiger partial charge in [0.05, 0.1) is 31.4 Å². The van der Waals surface area contributed by atoms with Crippen molar-refractivity contribution in [2.24, 2.45) is 5.92 Å². The van der Waals surface area contributed by atoms with E-state index in [4.69, 9.17) is 4.74 Å². The zero-order chi connectivity index (χ0) is 20.9. The first kappa shape index (κ1) is 20.9. The van der Waals surface area contributed by atoms with E-state index < -0.39 is 0 Å². The monoisotopic (exact) mass is 432 g/mol. The highest BCUT2D eigenvalue weighted by Gasteiger charge is 2.30. The van der Waals surface area contributed by atoms with Gasteiger partial charge in [-0.25, -0.2) is 9.37 Å². The first-order chi connectivity index (χ1) is 14.6. The zero-order valence-electron chi connectivity index (χ0n) is 16.7. The van der Waals surface area contributed by atoms with Gasteiger partial charge in [-0.3, -0.25) is 14.5 Å². The molecule has 2 aliphatic rings. The summed E-state index contributed by atoms with van der Waals surface area (Å²) in [4.78, 5) is 33.6. The summed E-state index contributed by atoms with van der Waals surface area (Å²) in [6.45, 7) is 4.13. The van der Waals surface area contributed by atoms with Crippen LogP contribution in [-0.2, 0) is 14.3 Å². The minimum Gasteiger partial charge on any atom is -0.378 e. The van der Waals surface area contributed by atoms with Crippen LogP contribution in [0.5, 0.6) is 0 Å². The molecule has 1 N–H and O–H groups in total. The Morgan fingerprint density at radius 3 is 2.73 bits per heavy atom. The second-order valence-electron chi connectivity index (χ2n) is 7.60. The van der Waals surface area contributed by atoms with Crippen LogP contribution in [-0.4, -0.2) is 72.5 Å². The third-order valence-corrected chi connectivity index (χ3v) is 6.19. The van der Waals surface area contributed by atoms with Gasteiger partial charge in [-0.05, 0) is 43.7 Å². The minimum absolute atomic E-state index is 0.0606. The predicted octanol–water partition coefficient (Wildman–Crippen LogP) is 2.46. The highest BCUT2D eigenvalue weighted by Crippen LogP contribution is 2.25. The van der Waals surface area contributed by atoms with Crippen LogP contribution in [0.25, 0.3) is 11.3 Å². The lowest BCUT2D eigenvalue weighted by molar-refractivity contribution is -0.141. The number of amides is 2. The topological polar surface area (TPSA) is 74.8 Å². The van der Waals surface area contributed by atoms with Gasteiger partial charge in [0.15, 0.2) is 5.13 Å². The number of nitrogens with one attached hydrogen (secondary N) is 1. The van der Waals surface area contributed by atoms with Crippen molar-refractivity contribution in [1.82, 2.24) is 14.8 Å². The van der Waals surface area contributed by atoms with E-state index in [0.29, 0.717) is 43.7 Å². The van der Waals surface area contributed by atoms with Crippen molar-refractivity contribution >= 4 is 28.3 Å². The average Bonchev–Trinajstić information content (AvgIpc) is 3.22. The van der Waals surface area contributed by atoms with E-state index in [0.717, 1.165) is 24.9 Å². The zero-order valence-corrected chi connectivity index (χ0v) is 17.5. The van der Waals surface area contributed by atoms with E-state index >= 15 is 0 Å². The SMILES string of the molecule is O=C(CN1CCCC(C(=O)N2CCOCC2)C1)Nc1nc(-c2ccc(F)cc2)cs1. The van der Waals surface area contributed by atoms with Crippen LogP contribution in [0.4, 0.5) is 9.52 Å². The molecule has 2 saturated heterocycles. The highest BCUT2D eigenvalue weighted by molar-refractivity contribution is 7.14. The van der Waals surface area contributed by atoms with Crippen molar-refractivity contribution in [1.29, 1.82) is 0 Å². The number of aromatic nitrogens is 1. The molecule has 0 bridgehead atoms. The normalized spacial score (nSPS) is 20.2. The van der Waals surface area contributed by atoms with Gasteiger partial charge >= 0.3 is 0 Å². The van der Waals surface area contributed by atoms with E-state index in [2.05, 4.69) is 10.3 Å². The van der Waals surface area contributed by atoms with Crippen LogP contribution in [0, 0.1) is 11.7 Å². The van der Waals surface area contributed by atoms with Crippen molar-refractivity contribution in [3.8, 4) is 11.3 Å². The Balaban J connectivity index is 1.29. The van der Waals surface area contributed by atoms with E-state index in [1.165, 1.54) is 23.5 Å². The van der Waals surface area contributed by atoms with Crippen molar-refractivity contribution < 1.29 is 18.7 Å². The molecule has 2 aromatic rings. The maximum absolute atomic E-state index is 13.1. The van der Waals surface area contributed by atoms with E-state index in [-0.39, 0.29) is 30.1 Å². The summed E-state index contributed by atoms with van der Waals surface area (Å²) < 4.78 is 18.4. The number of benzene rings is 1. The number of carbonyl (C=O) groups excluding carboxylic acids is 2. The summed E-state index contributed by atoms with van der Waals surface area (Å²) in [5.41, 5.74) is 1.50. The molecule has 3 heterocycles. The highest BCUT2D eigenvalue weighted by atomic mass is 32.1. The van der Waals surface area contributed by atoms with Gasteiger partial charge in [0.1, 0.15) is 5.82 Å². The Labute approximate surface area is 178 Å². The molecule has 1 atom stereocenters. The van der Waals surface area contributed by atoms with Gasteiger partial charge in [-0.15, -0.1) is 11.3 Å². The second kappa shape index (κ2) is 9.63. The first-order valence-electron chi connectivity index (χ1n) is 10.2. The van der Waals surface area contributed by atoms with Gasteiger partial charge in [-0.1, -0.05) is 0 Å². The minimum atomic E-state index is -0.297. The number of piperidine rings is 1. The average molecular weight is 433 g/mol. The first-order valence-corrected chi connectivity index (χ1v) is 11.1. The molecular formula is C21H25FN4O3S. The number of likely N-dealkylation sites (tertiary alicyclic amines) is 1. The standard InChI is InChI=1S/C21H25FN4O3S/c22-17-5-3-15(4-6-17)18-14-30-21(23-18)24-19(27)13-25-7-1-2-16(12-25)20(28)26-8-10-29-11-9-26/h3-6,14,16H,1-2,7-13H2,(H,23,24,27). The summed E-state index contributed by atoms with van der Waals surface area (Å²) >= 11 is 1.34. The van der Waals surface area contributed by atoms with Crippen LogP contribution < -0.4 is 5.32 Å². The fourth-order valence-electron chi connectivity index (χ4n) is 3.89. The van der Waals surface area contributed by atoms with Gasteiger partial charge in [-0.2, -0.15) is 0 Å². The van der Waals surface area contributed by atoms with Crippen LogP contribution in [0.1, 0.15) is 12.8 Å². The second-order valence-corrected chi connectivity index (χ2v) is 8.46. The molecule has 0 aliphatic carbocycles. The van der Waals surface area contributed by atoms with Crippen molar-refractivity contribution in [3.05, 3.63) is 35.5 Å². The summed E-state index contributed by atoms with van der Waals surface area (Å²) in [6.07, 6.45) is 1.77. The molecule has 1 aromatic carbocycles. The number of anilines is 1. The quantitative estimate of drug-likeness (QED) is 0.786. The molecule has 2 fully saturated rings. The van der Waals surface area contributed by atoms with Gasteiger partial charge in [0, 0.05) is 30.6 Å². The summed E-state index contributed by atoms with van der Waals surface area (Å²) in [6, 6.07) is 6.10. The van der Waals surface area contributed by atoms with Crippen molar-refractivity contribution in [2.45, 2.75) is 12.8 Å².